The van der Waals surface area contributed by atoms with Gasteiger partial charge in [-0.05, 0) is 24.6 Å². The van der Waals surface area contributed by atoms with Crippen LogP contribution in [0.2, 0.25) is 5.02 Å². The average molecular weight is 396 g/mol. The molecule has 144 valence electrons. The first kappa shape index (κ1) is 20.2. The van der Waals surface area contributed by atoms with Crippen LogP contribution in [-0.2, 0) is 11.2 Å². The Balaban J connectivity index is 1.96. The van der Waals surface area contributed by atoms with E-state index in [9.17, 15) is 14.4 Å². The lowest BCUT2D eigenvalue weighted by molar-refractivity contribution is -0.121. The number of aryl methyl sites for hydroxylation is 1. The second kappa shape index (κ2) is 9.53. The third-order valence-corrected chi connectivity index (χ3v) is 3.59. The summed E-state index contributed by atoms with van der Waals surface area (Å²) in [5.74, 6) is 0.449. The summed E-state index contributed by atoms with van der Waals surface area (Å²) in [7, 11) is 1.49. The lowest BCUT2D eigenvalue weighted by Crippen LogP contribution is -2.28. The van der Waals surface area contributed by atoms with Gasteiger partial charge in [-0.1, -0.05) is 11.6 Å². The monoisotopic (exact) mass is 395 g/mol. The highest BCUT2D eigenvalue weighted by atomic mass is 35.5. The lowest BCUT2D eigenvalue weighted by Gasteiger charge is -2.11. The fourth-order valence-electron chi connectivity index (χ4n) is 2.11. The average Bonchev–Trinajstić information content (AvgIpc) is 2.63. The Bertz CT molecular complexity index is 953. The van der Waals surface area contributed by atoms with Gasteiger partial charge >= 0.3 is 5.69 Å². The minimum absolute atomic E-state index is 0.0349. The molecule has 2 aromatic rings. The molecule has 0 atom stereocenters. The lowest BCUT2D eigenvalue weighted by atomic mass is 10.2. The maximum atomic E-state index is 11.8. The summed E-state index contributed by atoms with van der Waals surface area (Å²) in [5, 5.41) is 9.88. The van der Waals surface area contributed by atoms with Crippen molar-refractivity contribution < 1.29 is 14.3 Å². The van der Waals surface area contributed by atoms with Gasteiger partial charge in [0.15, 0.2) is 11.5 Å². The van der Waals surface area contributed by atoms with Crippen LogP contribution >= 0.6 is 11.6 Å². The summed E-state index contributed by atoms with van der Waals surface area (Å²) in [6.45, 7) is 2.27. The molecule has 0 spiro atoms. The van der Waals surface area contributed by atoms with Gasteiger partial charge in [-0.2, -0.15) is 10.2 Å². The Kier molecular flexibility index (Phi) is 7.12. The first-order chi connectivity index (χ1) is 12.9. The fraction of sp³-hybridized carbons (Fsp3) is 0.312. The van der Waals surface area contributed by atoms with Gasteiger partial charge in [0, 0.05) is 12.8 Å². The number of amides is 1. The third kappa shape index (κ3) is 5.68. The van der Waals surface area contributed by atoms with Gasteiger partial charge < -0.3 is 9.47 Å². The van der Waals surface area contributed by atoms with E-state index in [0.29, 0.717) is 28.7 Å². The molecule has 0 radical (unpaired) electrons. The Morgan fingerprint density at radius 1 is 1.41 bits per heavy atom. The summed E-state index contributed by atoms with van der Waals surface area (Å²) in [4.78, 5) is 36.2. The van der Waals surface area contributed by atoms with Crippen molar-refractivity contribution in [2.24, 2.45) is 5.10 Å². The number of hydrogen-bond acceptors (Lipinski definition) is 7. The van der Waals surface area contributed by atoms with Gasteiger partial charge in [-0.15, -0.1) is 0 Å². The standard InChI is InChI=1S/C16H18ClN5O5/c1-3-27-14-10(17)6-9(7-12(14)26-2)8-18-21-13(23)5-4-11-15(24)19-16(25)22-20-11/h6-8H,3-5H2,1-2H3,(H,21,23)(H2,19,22,24,25)/b18-8+. The molecule has 0 fully saturated rings. The second-order valence-electron chi connectivity index (χ2n) is 5.21. The van der Waals surface area contributed by atoms with Crippen LogP contribution in [0.15, 0.2) is 26.8 Å². The first-order valence-electron chi connectivity index (χ1n) is 7.94. The molecule has 2 rings (SSSR count). The van der Waals surface area contributed by atoms with Crippen LogP contribution in [0.1, 0.15) is 24.6 Å². The normalized spacial score (nSPS) is 10.8. The minimum Gasteiger partial charge on any atom is -0.493 e. The summed E-state index contributed by atoms with van der Waals surface area (Å²) < 4.78 is 10.7. The van der Waals surface area contributed by atoms with Crippen molar-refractivity contribution in [2.75, 3.05) is 13.7 Å². The maximum Gasteiger partial charge on any atom is 0.342 e. The summed E-state index contributed by atoms with van der Waals surface area (Å²) in [6.07, 6.45) is 1.41. The van der Waals surface area contributed by atoms with E-state index in [1.54, 1.807) is 12.1 Å². The van der Waals surface area contributed by atoms with E-state index >= 15 is 0 Å². The van der Waals surface area contributed by atoms with Crippen molar-refractivity contribution in [1.82, 2.24) is 20.6 Å². The van der Waals surface area contributed by atoms with Gasteiger partial charge in [-0.25, -0.2) is 15.3 Å². The molecule has 0 bridgehead atoms. The largest absolute Gasteiger partial charge is 0.493 e. The van der Waals surface area contributed by atoms with Gasteiger partial charge in [0.25, 0.3) is 5.56 Å². The van der Waals surface area contributed by atoms with Crippen LogP contribution in [0.5, 0.6) is 11.5 Å². The van der Waals surface area contributed by atoms with E-state index < -0.39 is 17.2 Å². The molecule has 1 heterocycles. The molecule has 1 amide bonds. The number of rotatable bonds is 8. The van der Waals surface area contributed by atoms with Crippen molar-refractivity contribution in [1.29, 1.82) is 0 Å². The van der Waals surface area contributed by atoms with Crippen LogP contribution in [-0.4, -0.2) is 41.0 Å². The van der Waals surface area contributed by atoms with Gasteiger partial charge in [0.2, 0.25) is 5.91 Å². The Hall–Kier alpha value is -3.14. The second-order valence-corrected chi connectivity index (χ2v) is 5.62. The molecule has 0 aliphatic heterocycles. The van der Waals surface area contributed by atoms with Crippen LogP contribution < -0.4 is 26.1 Å². The van der Waals surface area contributed by atoms with Crippen molar-refractivity contribution in [2.45, 2.75) is 19.8 Å². The van der Waals surface area contributed by atoms with E-state index in [1.165, 1.54) is 13.3 Å². The number of aromatic nitrogens is 3. The summed E-state index contributed by atoms with van der Waals surface area (Å²) in [6, 6.07) is 3.28. The molecule has 0 unspecified atom stereocenters. The molecular weight excluding hydrogens is 378 g/mol. The van der Waals surface area contributed by atoms with E-state index in [0.717, 1.165) is 0 Å². The molecule has 1 aromatic carbocycles. The zero-order valence-corrected chi connectivity index (χ0v) is 15.4. The topological polar surface area (TPSA) is 139 Å². The van der Waals surface area contributed by atoms with Gasteiger partial charge in [-0.3, -0.25) is 14.6 Å². The van der Waals surface area contributed by atoms with Crippen LogP contribution in [0.4, 0.5) is 0 Å². The predicted octanol–water partition coefficient (Wildman–Crippen LogP) is 0.602. The molecule has 0 aliphatic carbocycles. The molecule has 11 heteroatoms. The zero-order chi connectivity index (χ0) is 19.8. The van der Waals surface area contributed by atoms with E-state index in [2.05, 4.69) is 20.7 Å². The molecule has 3 N–H and O–H groups in total. The number of carbonyl (C=O) groups excluding carboxylic acids is 1. The van der Waals surface area contributed by atoms with Crippen molar-refractivity contribution in [3.05, 3.63) is 49.3 Å². The highest BCUT2D eigenvalue weighted by Gasteiger charge is 2.11. The number of halogens is 1. The van der Waals surface area contributed by atoms with Gasteiger partial charge in [0.05, 0.1) is 25.0 Å². The molecule has 27 heavy (non-hydrogen) atoms. The molecular formula is C16H18ClN5O5. The zero-order valence-electron chi connectivity index (χ0n) is 14.7. The van der Waals surface area contributed by atoms with Crippen LogP contribution in [0, 0.1) is 0 Å². The molecule has 0 saturated carbocycles. The van der Waals surface area contributed by atoms with Crippen molar-refractivity contribution in [3.63, 3.8) is 0 Å². The number of methoxy groups -OCH3 is 1. The Morgan fingerprint density at radius 3 is 2.85 bits per heavy atom. The number of carbonyl (C=O) groups is 1. The Labute approximate surface area is 158 Å². The summed E-state index contributed by atoms with van der Waals surface area (Å²) >= 11 is 6.16. The number of hydrazone groups is 1. The molecule has 0 aliphatic rings. The molecule has 1 aromatic heterocycles. The number of benzene rings is 1. The number of nitrogens with zero attached hydrogens (tertiary/aromatic N) is 2. The van der Waals surface area contributed by atoms with Crippen LogP contribution in [0.25, 0.3) is 0 Å². The number of hydrogen-bond donors (Lipinski definition) is 3. The number of aromatic amines is 2. The highest BCUT2D eigenvalue weighted by molar-refractivity contribution is 6.32. The number of ether oxygens (including phenoxy) is 2. The minimum atomic E-state index is -0.706. The smallest absolute Gasteiger partial charge is 0.342 e. The fourth-order valence-corrected chi connectivity index (χ4v) is 2.38. The van der Waals surface area contributed by atoms with Gasteiger partial charge in [0.1, 0.15) is 5.69 Å². The number of nitrogens with one attached hydrogen (secondary N) is 3. The predicted molar refractivity (Wildman–Crippen MR) is 98.7 cm³/mol. The van der Waals surface area contributed by atoms with E-state index in [1.807, 2.05) is 11.9 Å². The van der Waals surface area contributed by atoms with E-state index in [-0.39, 0.29) is 18.5 Å². The van der Waals surface area contributed by atoms with Crippen molar-refractivity contribution in [3.8, 4) is 11.5 Å². The third-order valence-electron chi connectivity index (χ3n) is 3.31. The molecule has 0 saturated heterocycles. The summed E-state index contributed by atoms with van der Waals surface area (Å²) in [5.41, 5.74) is 1.64. The highest BCUT2D eigenvalue weighted by Crippen LogP contribution is 2.35. The maximum absolute atomic E-state index is 11.8. The Morgan fingerprint density at radius 2 is 2.19 bits per heavy atom. The van der Waals surface area contributed by atoms with Crippen LogP contribution in [0.3, 0.4) is 0 Å². The number of H-pyrrole nitrogens is 2. The molecule has 10 nitrogen and oxygen atoms in total. The SMILES string of the molecule is CCOc1c(Cl)cc(/C=N/NC(=O)CCc2n[nH]c(=O)[nH]c2=O)cc1OC. The quantitative estimate of drug-likeness (QED) is 0.442. The van der Waals surface area contributed by atoms with Crippen molar-refractivity contribution >= 4 is 23.7 Å². The van der Waals surface area contributed by atoms with E-state index in [4.69, 9.17) is 21.1 Å². The first-order valence-corrected chi connectivity index (χ1v) is 8.32.